The molecule has 0 saturated carbocycles. The molecule has 0 aliphatic heterocycles. The number of hydrogen-bond donors (Lipinski definition) is 1. The number of aromatic nitrogens is 1. The molecule has 3 nitrogen and oxygen atoms in total. The van der Waals surface area contributed by atoms with Crippen LogP contribution in [0.4, 0.5) is 0 Å². The summed E-state index contributed by atoms with van der Waals surface area (Å²) in [7, 11) is 4.15. The van der Waals surface area contributed by atoms with E-state index in [0.717, 1.165) is 27.6 Å². The number of hydrogen-bond acceptors (Lipinski definition) is 3. The van der Waals surface area contributed by atoms with Crippen LogP contribution in [0, 0.1) is 0 Å². The highest BCUT2D eigenvalue weighted by Gasteiger charge is 2.32. The van der Waals surface area contributed by atoms with Gasteiger partial charge in [-0.15, -0.1) is 0 Å². The first kappa shape index (κ1) is 24.6. The van der Waals surface area contributed by atoms with Gasteiger partial charge in [0.05, 0.1) is 11.6 Å². The number of rotatable bonds is 8. The van der Waals surface area contributed by atoms with E-state index in [0.29, 0.717) is 6.42 Å². The Hall–Kier alpha value is -3.05. The fourth-order valence-corrected chi connectivity index (χ4v) is 5.60. The summed E-state index contributed by atoms with van der Waals surface area (Å²) in [6.45, 7) is 0.737. The molecular weight excluding hydrogens is 508 g/mol. The van der Waals surface area contributed by atoms with Gasteiger partial charge in [0.25, 0.3) is 0 Å². The molecule has 0 aliphatic carbocycles. The van der Waals surface area contributed by atoms with E-state index in [1.54, 1.807) is 0 Å². The third-order valence-corrected chi connectivity index (χ3v) is 7.45. The summed E-state index contributed by atoms with van der Waals surface area (Å²) in [5.74, 6) is -0.244. The molecule has 5 rings (SSSR count). The molecule has 0 aliphatic rings. The average molecular weight is 540 g/mol. The van der Waals surface area contributed by atoms with Gasteiger partial charge >= 0.3 is 0 Å². The monoisotopic (exact) mass is 538 g/mol. The summed E-state index contributed by atoms with van der Waals surface area (Å²) in [4.78, 5) is 7.22. The lowest BCUT2D eigenvalue weighted by molar-refractivity contribution is 0.0988. The van der Waals surface area contributed by atoms with Gasteiger partial charge in [0, 0.05) is 33.9 Å². The van der Waals surface area contributed by atoms with Crippen molar-refractivity contribution in [2.75, 3.05) is 20.6 Å². The van der Waals surface area contributed by atoms with Gasteiger partial charge in [-0.2, -0.15) is 0 Å². The topological polar surface area (TPSA) is 36.4 Å². The zero-order valence-electron chi connectivity index (χ0n) is 20.7. The zero-order valence-corrected chi connectivity index (χ0v) is 22.3. The molecule has 1 heterocycles. The summed E-state index contributed by atoms with van der Waals surface area (Å²) >= 11 is 3.56. The Labute approximate surface area is 221 Å². The first-order chi connectivity index (χ1) is 17.5. The molecule has 5 aromatic rings. The molecule has 1 N–H and O–H groups in total. The highest BCUT2D eigenvalue weighted by atomic mass is 79.9. The third kappa shape index (κ3) is 5.36. The van der Waals surface area contributed by atoms with E-state index in [2.05, 4.69) is 120 Å². The van der Waals surface area contributed by atoms with Crippen LogP contribution < -0.4 is 0 Å². The van der Waals surface area contributed by atoms with Crippen LogP contribution in [0.3, 0.4) is 0 Å². The second kappa shape index (κ2) is 10.9. The van der Waals surface area contributed by atoms with E-state index in [1.807, 2.05) is 18.2 Å². The third-order valence-electron chi connectivity index (χ3n) is 6.96. The lowest BCUT2D eigenvalue weighted by atomic mass is 9.79. The van der Waals surface area contributed by atoms with Gasteiger partial charge in [-0.25, -0.2) is 0 Å². The number of pyridine rings is 1. The van der Waals surface area contributed by atoms with Crippen LogP contribution in [0.1, 0.15) is 28.7 Å². The maximum absolute atomic E-state index is 12.2. The van der Waals surface area contributed by atoms with Crippen LogP contribution in [0.25, 0.3) is 21.7 Å². The number of benzene rings is 4. The zero-order chi connectivity index (χ0) is 25.1. The Morgan fingerprint density at radius 1 is 0.778 bits per heavy atom. The molecule has 0 amide bonds. The van der Waals surface area contributed by atoms with Crippen molar-refractivity contribution in [2.24, 2.45) is 0 Å². The highest BCUT2D eigenvalue weighted by Crippen LogP contribution is 2.36. The summed E-state index contributed by atoms with van der Waals surface area (Å²) in [5.41, 5.74) is 4.23. The van der Waals surface area contributed by atoms with Gasteiger partial charge in [0.2, 0.25) is 0 Å². The quantitative estimate of drug-likeness (QED) is 0.227. The van der Waals surface area contributed by atoms with Crippen molar-refractivity contribution in [1.82, 2.24) is 9.88 Å². The molecule has 4 aromatic carbocycles. The predicted octanol–water partition coefficient (Wildman–Crippen LogP) is 7.18. The summed E-state index contributed by atoms with van der Waals surface area (Å²) < 4.78 is 1.03. The van der Waals surface area contributed by atoms with Crippen molar-refractivity contribution in [3.63, 3.8) is 0 Å². The fraction of sp³-hybridized carbons (Fsp3) is 0.219. The SMILES string of the molecule is CN(C)CC(c1cccc2ccccc12)C(O)C(Cc1ccccc1)c1ccc2cc(Br)ccc2n1. The molecule has 1 aromatic heterocycles. The van der Waals surface area contributed by atoms with Gasteiger partial charge in [0.15, 0.2) is 0 Å². The lowest BCUT2D eigenvalue weighted by Crippen LogP contribution is -2.34. The summed E-state index contributed by atoms with van der Waals surface area (Å²) in [6.07, 6.45) is 0.0879. The Morgan fingerprint density at radius 2 is 1.53 bits per heavy atom. The first-order valence-corrected chi connectivity index (χ1v) is 13.2. The van der Waals surface area contributed by atoms with E-state index in [4.69, 9.17) is 4.98 Å². The maximum atomic E-state index is 12.2. The predicted molar refractivity (Wildman–Crippen MR) is 154 cm³/mol. The Kier molecular flexibility index (Phi) is 7.47. The molecule has 3 atom stereocenters. The molecule has 0 fully saturated rings. The molecule has 0 saturated heterocycles. The number of likely N-dealkylation sites (N-methyl/N-ethyl adjacent to an activating group) is 1. The Bertz CT molecular complexity index is 1460. The molecule has 0 bridgehead atoms. The van der Waals surface area contributed by atoms with Crippen LogP contribution in [0.5, 0.6) is 0 Å². The van der Waals surface area contributed by atoms with Gasteiger partial charge in [-0.3, -0.25) is 4.98 Å². The van der Waals surface area contributed by atoms with Crippen molar-refractivity contribution in [3.05, 3.63) is 124 Å². The van der Waals surface area contributed by atoms with Gasteiger partial charge in [-0.1, -0.05) is 94.8 Å². The standard InChI is InChI=1S/C32H31BrN2O/c1-35(2)21-29(27-14-8-12-23-11-6-7-13-26(23)27)32(36)28(19-22-9-4-3-5-10-22)31-17-15-24-20-25(33)16-18-30(24)34-31/h3-18,20,28-29,32,36H,19,21H2,1-2H3. The molecule has 36 heavy (non-hydrogen) atoms. The van der Waals surface area contributed by atoms with E-state index in [9.17, 15) is 5.11 Å². The number of aliphatic hydroxyl groups excluding tert-OH is 1. The van der Waals surface area contributed by atoms with Crippen molar-refractivity contribution < 1.29 is 5.11 Å². The molecule has 0 radical (unpaired) electrons. The van der Waals surface area contributed by atoms with E-state index >= 15 is 0 Å². The number of fused-ring (bicyclic) bond motifs is 2. The minimum Gasteiger partial charge on any atom is -0.392 e. The van der Waals surface area contributed by atoms with Crippen LogP contribution in [-0.2, 0) is 6.42 Å². The minimum atomic E-state index is -0.626. The Balaban J connectivity index is 1.62. The van der Waals surface area contributed by atoms with Crippen LogP contribution in [0.2, 0.25) is 0 Å². The van der Waals surface area contributed by atoms with Crippen LogP contribution in [0.15, 0.2) is 108 Å². The first-order valence-electron chi connectivity index (χ1n) is 12.4. The number of halogens is 1. The second-order valence-electron chi connectivity index (χ2n) is 9.80. The Morgan fingerprint density at radius 3 is 2.33 bits per heavy atom. The van der Waals surface area contributed by atoms with Crippen LogP contribution in [-0.4, -0.2) is 41.7 Å². The molecular formula is C32H31BrN2O. The van der Waals surface area contributed by atoms with Gasteiger partial charge in [0.1, 0.15) is 0 Å². The molecule has 182 valence electrons. The van der Waals surface area contributed by atoms with Crippen molar-refractivity contribution in [2.45, 2.75) is 24.4 Å². The lowest BCUT2D eigenvalue weighted by Gasteiger charge is -2.33. The van der Waals surface area contributed by atoms with E-state index in [1.165, 1.54) is 21.9 Å². The summed E-state index contributed by atoms with van der Waals surface area (Å²) in [5, 5.41) is 15.7. The highest BCUT2D eigenvalue weighted by molar-refractivity contribution is 9.10. The van der Waals surface area contributed by atoms with E-state index in [-0.39, 0.29) is 11.8 Å². The van der Waals surface area contributed by atoms with E-state index < -0.39 is 6.10 Å². The average Bonchev–Trinajstić information content (AvgIpc) is 2.90. The fourth-order valence-electron chi connectivity index (χ4n) is 5.22. The minimum absolute atomic E-state index is 0.0813. The summed E-state index contributed by atoms with van der Waals surface area (Å²) in [6, 6.07) is 35.6. The number of aliphatic hydroxyl groups is 1. The van der Waals surface area contributed by atoms with Gasteiger partial charge < -0.3 is 10.0 Å². The maximum Gasteiger partial charge on any atom is 0.0708 e. The largest absolute Gasteiger partial charge is 0.392 e. The number of nitrogens with zero attached hydrogens (tertiary/aromatic N) is 2. The van der Waals surface area contributed by atoms with Crippen molar-refractivity contribution >= 4 is 37.6 Å². The van der Waals surface area contributed by atoms with Gasteiger partial charge in [-0.05, 0) is 66.7 Å². The molecule has 4 heteroatoms. The smallest absolute Gasteiger partial charge is 0.0708 e. The molecule has 0 spiro atoms. The van der Waals surface area contributed by atoms with Crippen LogP contribution >= 0.6 is 15.9 Å². The second-order valence-corrected chi connectivity index (χ2v) is 10.7. The van der Waals surface area contributed by atoms with Crippen molar-refractivity contribution in [3.8, 4) is 0 Å². The molecule has 3 unspecified atom stereocenters. The van der Waals surface area contributed by atoms with Crippen molar-refractivity contribution in [1.29, 1.82) is 0 Å². The normalized spacial score (nSPS) is 14.2.